The number of benzene rings is 1. The number of methoxy groups -OCH3 is 1. The van der Waals surface area contributed by atoms with Gasteiger partial charge in [0.05, 0.1) is 48.0 Å². The van der Waals surface area contributed by atoms with Gasteiger partial charge in [0.15, 0.2) is 0 Å². The fourth-order valence-corrected chi connectivity index (χ4v) is 4.77. The highest BCUT2D eigenvalue weighted by Gasteiger charge is 2.22. The third-order valence-corrected chi connectivity index (χ3v) is 6.99. The summed E-state index contributed by atoms with van der Waals surface area (Å²) in [7, 11) is -0.209. The van der Waals surface area contributed by atoms with Crippen LogP contribution in [-0.2, 0) is 25.1 Å². The molecule has 0 radical (unpaired) electrons. The van der Waals surface area contributed by atoms with Crippen molar-refractivity contribution in [2.24, 2.45) is 0 Å². The monoisotopic (exact) mass is 524 g/mol. The van der Waals surface area contributed by atoms with Crippen molar-refractivity contribution in [1.29, 1.82) is 0 Å². The van der Waals surface area contributed by atoms with E-state index in [-0.39, 0.29) is 29.9 Å². The molecule has 10 heteroatoms. The summed E-state index contributed by atoms with van der Waals surface area (Å²) in [6.45, 7) is 7.55. The van der Waals surface area contributed by atoms with Crippen LogP contribution >= 0.6 is 0 Å². The Morgan fingerprint density at radius 1 is 1.27 bits per heavy atom. The maximum Gasteiger partial charge on any atom is 0.306 e. The number of hydrogen-bond acceptors (Lipinski definition) is 6. The molecule has 194 valence electrons. The molecule has 1 aromatic carbocycles. The van der Waals surface area contributed by atoms with Crippen molar-refractivity contribution in [3.8, 4) is 5.69 Å². The van der Waals surface area contributed by atoms with Gasteiger partial charge in [0.1, 0.15) is 10.8 Å². The lowest BCUT2D eigenvalue weighted by atomic mass is 10.0. The fraction of sp³-hybridized carbons (Fsp3) is 0.259. The number of nitrogens with one attached hydrogen (secondary N) is 1. The first kappa shape index (κ1) is 27.7. The molecule has 2 atom stereocenters. The molecule has 0 aliphatic heterocycles. The van der Waals surface area contributed by atoms with Gasteiger partial charge in [0.25, 0.3) is 5.91 Å². The predicted octanol–water partition coefficient (Wildman–Crippen LogP) is 4.39. The second-order valence-corrected chi connectivity index (χ2v) is 9.49. The highest BCUT2D eigenvalue weighted by Crippen LogP contribution is 2.26. The second kappa shape index (κ2) is 12.9. The van der Waals surface area contributed by atoms with E-state index in [0.717, 1.165) is 5.56 Å². The molecule has 3 aromatic rings. The average Bonchev–Trinajstić information content (AvgIpc) is 3.34. The summed E-state index contributed by atoms with van der Waals surface area (Å²) >= 11 is 0. The molecule has 2 aromatic heterocycles. The Balaban J connectivity index is 1.82. The Morgan fingerprint density at radius 3 is 2.62 bits per heavy atom. The minimum absolute atomic E-state index is 0.0187. The molecule has 8 nitrogen and oxygen atoms in total. The molecule has 2 unspecified atom stereocenters. The van der Waals surface area contributed by atoms with Gasteiger partial charge in [-0.25, -0.2) is 14.1 Å². The van der Waals surface area contributed by atoms with E-state index in [4.69, 9.17) is 0 Å². The van der Waals surface area contributed by atoms with Gasteiger partial charge in [-0.15, -0.1) is 0 Å². The number of amides is 1. The van der Waals surface area contributed by atoms with Gasteiger partial charge in [0.2, 0.25) is 0 Å². The summed E-state index contributed by atoms with van der Waals surface area (Å²) in [6, 6.07) is 8.93. The van der Waals surface area contributed by atoms with Crippen LogP contribution in [0.1, 0.15) is 49.6 Å². The Hall–Kier alpha value is -3.92. The zero-order valence-corrected chi connectivity index (χ0v) is 21.8. The molecule has 0 aliphatic carbocycles. The van der Waals surface area contributed by atoms with Crippen LogP contribution in [0.25, 0.3) is 17.3 Å². The summed E-state index contributed by atoms with van der Waals surface area (Å²) in [5.41, 5.74) is 2.95. The standard InChI is InChI=1S/C27H29FN4O4S/c1-5-21(22-17-30-32(24(22)7-3)20-10-8-19(28)9-11-20)27(34)31-23(6-2)18-12-14-29-25(16-18)37(35)15-13-26(33)36-4/h5,7-12,14,16-17,23H,3,6,13,15H2,1-2,4H3,(H,31,34)/b21-5+. The third kappa shape index (κ3) is 6.65. The number of aromatic nitrogens is 3. The zero-order chi connectivity index (χ0) is 26.9. The number of esters is 1. The molecule has 0 fully saturated rings. The van der Waals surface area contributed by atoms with Crippen LogP contribution in [-0.4, -0.2) is 43.7 Å². The molecular weight excluding hydrogens is 495 g/mol. The third-order valence-electron chi connectivity index (χ3n) is 5.72. The van der Waals surface area contributed by atoms with E-state index in [9.17, 15) is 18.2 Å². The minimum Gasteiger partial charge on any atom is -0.469 e. The van der Waals surface area contributed by atoms with E-state index in [0.29, 0.717) is 34.0 Å². The Bertz CT molecular complexity index is 1330. The van der Waals surface area contributed by atoms with Crippen LogP contribution < -0.4 is 5.32 Å². The van der Waals surface area contributed by atoms with E-state index in [2.05, 4.69) is 26.7 Å². The number of pyridine rings is 1. The predicted molar refractivity (Wildman–Crippen MR) is 141 cm³/mol. The lowest BCUT2D eigenvalue weighted by Gasteiger charge is -2.19. The van der Waals surface area contributed by atoms with Crippen LogP contribution in [0, 0.1) is 5.82 Å². The van der Waals surface area contributed by atoms with Gasteiger partial charge in [0, 0.05) is 23.1 Å². The van der Waals surface area contributed by atoms with Crippen molar-refractivity contribution in [2.75, 3.05) is 12.9 Å². The first-order valence-corrected chi connectivity index (χ1v) is 13.0. The maximum atomic E-state index is 13.4. The van der Waals surface area contributed by atoms with E-state index >= 15 is 0 Å². The van der Waals surface area contributed by atoms with E-state index in [1.54, 1.807) is 54.2 Å². The molecular formula is C27H29FN4O4S. The number of halogens is 1. The van der Waals surface area contributed by atoms with Crippen LogP contribution in [0.3, 0.4) is 0 Å². The van der Waals surface area contributed by atoms with Gasteiger partial charge < -0.3 is 10.1 Å². The largest absolute Gasteiger partial charge is 0.469 e. The normalized spacial score (nSPS) is 13.0. The van der Waals surface area contributed by atoms with Crippen LogP contribution in [0.5, 0.6) is 0 Å². The average molecular weight is 525 g/mol. The van der Waals surface area contributed by atoms with Gasteiger partial charge >= 0.3 is 5.97 Å². The number of carbonyl (C=O) groups is 2. The summed E-state index contributed by atoms with van der Waals surface area (Å²) in [5, 5.41) is 7.76. The van der Waals surface area contributed by atoms with E-state index in [1.165, 1.54) is 25.4 Å². The van der Waals surface area contributed by atoms with E-state index in [1.807, 2.05) is 6.92 Å². The van der Waals surface area contributed by atoms with Gasteiger partial charge in [-0.1, -0.05) is 19.6 Å². The molecule has 2 heterocycles. The van der Waals surface area contributed by atoms with Crippen molar-refractivity contribution in [1.82, 2.24) is 20.1 Å². The number of hydrogen-bond donors (Lipinski definition) is 1. The molecule has 0 saturated heterocycles. The quantitative estimate of drug-likeness (QED) is 0.295. The number of rotatable bonds is 11. The molecule has 3 rings (SSSR count). The lowest BCUT2D eigenvalue weighted by Crippen LogP contribution is -2.29. The number of ether oxygens (including phenoxy) is 1. The van der Waals surface area contributed by atoms with Crippen molar-refractivity contribution in [2.45, 2.75) is 37.8 Å². The van der Waals surface area contributed by atoms with Crippen molar-refractivity contribution < 1.29 is 22.9 Å². The molecule has 0 aliphatic rings. The van der Waals surface area contributed by atoms with E-state index < -0.39 is 16.8 Å². The smallest absolute Gasteiger partial charge is 0.306 e. The zero-order valence-electron chi connectivity index (χ0n) is 20.9. The van der Waals surface area contributed by atoms with Crippen molar-refractivity contribution in [3.05, 3.63) is 84.1 Å². The molecule has 0 spiro atoms. The lowest BCUT2D eigenvalue weighted by molar-refractivity contribution is -0.140. The maximum absolute atomic E-state index is 13.4. The summed E-state index contributed by atoms with van der Waals surface area (Å²) < 4.78 is 32.2. The Morgan fingerprint density at radius 2 is 2.00 bits per heavy atom. The van der Waals surface area contributed by atoms with Crippen molar-refractivity contribution in [3.63, 3.8) is 0 Å². The number of nitrogens with zero attached hydrogens (tertiary/aromatic N) is 3. The Kier molecular flexibility index (Phi) is 9.62. The molecule has 1 amide bonds. The number of carbonyl (C=O) groups excluding carboxylic acids is 2. The van der Waals surface area contributed by atoms with Gasteiger partial charge in [-0.2, -0.15) is 5.10 Å². The fourth-order valence-electron chi connectivity index (χ4n) is 3.76. The SMILES string of the molecule is C=Cc1c(/C(=C\C)C(=O)NC(CC)c2ccnc(S(=O)CCC(=O)OC)c2)cnn1-c1ccc(F)cc1. The topological polar surface area (TPSA) is 103 Å². The highest BCUT2D eigenvalue weighted by molar-refractivity contribution is 7.85. The molecule has 0 saturated carbocycles. The Labute approximate surface area is 217 Å². The summed E-state index contributed by atoms with van der Waals surface area (Å²) in [4.78, 5) is 28.9. The molecule has 0 bridgehead atoms. The number of allylic oxidation sites excluding steroid dienone is 1. The first-order valence-electron chi connectivity index (χ1n) is 11.7. The van der Waals surface area contributed by atoms with Crippen LogP contribution in [0.15, 0.2) is 66.5 Å². The summed E-state index contributed by atoms with van der Waals surface area (Å²) in [5.74, 6) is -1.02. The second-order valence-electron chi connectivity index (χ2n) is 7.98. The highest BCUT2D eigenvalue weighted by atomic mass is 32.2. The minimum atomic E-state index is -1.49. The summed E-state index contributed by atoms with van der Waals surface area (Å²) in [6.07, 6.45) is 6.99. The van der Waals surface area contributed by atoms with Gasteiger partial charge in [-0.05, 0) is 61.4 Å². The molecule has 37 heavy (non-hydrogen) atoms. The first-order chi connectivity index (χ1) is 17.8. The van der Waals surface area contributed by atoms with Crippen molar-refractivity contribution >= 4 is 34.3 Å². The molecule has 1 N–H and O–H groups in total. The van der Waals surface area contributed by atoms with Crippen LogP contribution in [0.2, 0.25) is 0 Å². The van der Waals surface area contributed by atoms with Crippen LogP contribution in [0.4, 0.5) is 4.39 Å². The van der Waals surface area contributed by atoms with Gasteiger partial charge in [-0.3, -0.25) is 13.8 Å².